The van der Waals surface area contributed by atoms with Gasteiger partial charge >= 0.3 is 0 Å². The summed E-state index contributed by atoms with van der Waals surface area (Å²) >= 11 is 1.13. The quantitative estimate of drug-likeness (QED) is 0.417. The van der Waals surface area contributed by atoms with Crippen LogP contribution in [-0.4, -0.2) is 44.4 Å². The van der Waals surface area contributed by atoms with E-state index in [0.717, 1.165) is 61.3 Å². The summed E-state index contributed by atoms with van der Waals surface area (Å²) in [6.07, 6.45) is 3.54. The molecule has 10 heteroatoms. The van der Waals surface area contributed by atoms with Crippen LogP contribution in [-0.2, 0) is 11.3 Å². The summed E-state index contributed by atoms with van der Waals surface area (Å²) in [6, 6.07) is 11.3. The minimum absolute atomic E-state index is 0.104. The van der Waals surface area contributed by atoms with Crippen LogP contribution in [0.25, 0.3) is 5.69 Å². The number of nitrogens with one attached hydrogen (secondary N) is 1. The molecular weight excluding hydrogens is 439 g/mol. The van der Waals surface area contributed by atoms with Gasteiger partial charge in [0.15, 0.2) is 28.4 Å². The maximum Gasteiger partial charge on any atom is 0.234 e. The Morgan fingerprint density at radius 1 is 0.969 bits per heavy atom. The fourth-order valence-corrected chi connectivity index (χ4v) is 4.36. The number of piperidine rings is 1. The van der Waals surface area contributed by atoms with E-state index in [1.165, 1.54) is 6.42 Å². The van der Waals surface area contributed by atoms with Gasteiger partial charge < -0.3 is 5.32 Å². The molecule has 1 amide bonds. The Labute approximate surface area is 187 Å². The molecule has 6 nitrogen and oxygen atoms in total. The van der Waals surface area contributed by atoms with E-state index < -0.39 is 29.0 Å². The van der Waals surface area contributed by atoms with Crippen LogP contribution in [0.1, 0.15) is 25.1 Å². The number of carbonyl (C=O) groups excluding carboxylic acids is 1. The largest absolute Gasteiger partial charge is 0.323 e. The normalized spacial score (nSPS) is 14.5. The highest BCUT2D eigenvalue weighted by Gasteiger charge is 2.20. The molecule has 32 heavy (non-hydrogen) atoms. The summed E-state index contributed by atoms with van der Waals surface area (Å²) in [5.41, 5.74) is 0.462. The number of halogens is 3. The number of thioether (sulfide) groups is 1. The molecule has 0 atom stereocenters. The molecule has 0 spiro atoms. The first-order chi connectivity index (χ1) is 15.5. The molecule has 4 rings (SSSR count). The van der Waals surface area contributed by atoms with Gasteiger partial charge in [0, 0.05) is 5.69 Å². The van der Waals surface area contributed by atoms with Crippen LogP contribution >= 0.6 is 11.8 Å². The number of anilines is 1. The highest BCUT2D eigenvalue weighted by molar-refractivity contribution is 7.99. The predicted octanol–water partition coefficient (Wildman–Crippen LogP) is 4.40. The van der Waals surface area contributed by atoms with Gasteiger partial charge in [0.1, 0.15) is 0 Å². The first kappa shape index (κ1) is 22.3. The van der Waals surface area contributed by atoms with Crippen molar-refractivity contribution in [3.8, 4) is 5.69 Å². The van der Waals surface area contributed by atoms with E-state index in [4.69, 9.17) is 0 Å². The Hall–Kier alpha value is -2.85. The molecule has 0 bridgehead atoms. The van der Waals surface area contributed by atoms with Crippen molar-refractivity contribution in [2.45, 2.75) is 31.0 Å². The highest BCUT2D eigenvalue weighted by atomic mass is 32.2. The van der Waals surface area contributed by atoms with Crippen molar-refractivity contribution >= 4 is 23.4 Å². The van der Waals surface area contributed by atoms with E-state index >= 15 is 0 Å². The van der Waals surface area contributed by atoms with Crippen molar-refractivity contribution in [2.75, 3.05) is 24.2 Å². The van der Waals surface area contributed by atoms with Crippen molar-refractivity contribution in [1.82, 2.24) is 19.7 Å². The Bertz CT molecular complexity index is 1090. The molecule has 0 aliphatic carbocycles. The zero-order valence-corrected chi connectivity index (χ0v) is 18.0. The Morgan fingerprint density at radius 3 is 2.47 bits per heavy atom. The van der Waals surface area contributed by atoms with E-state index in [0.29, 0.717) is 11.7 Å². The first-order valence-electron chi connectivity index (χ1n) is 10.3. The smallest absolute Gasteiger partial charge is 0.234 e. The molecular formula is C22H22F3N5OS. The van der Waals surface area contributed by atoms with Gasteiger partial charge in [0.25, 0.3) is 0 Å². The molecule has 0 unspecified atom stereocenters. The van der Waals surface area contributed by atoms with Crippen LogP contribution in [0, 0.1) is 17.5 Å². The van der Waals surface area contributed by atoms with Crippen LogP contribution in [0.3, 0.4) is 0 Å². The standard InChI is InChI=1S/C22H22F3N5OS/c23-16-9-10-17(21(25)20(16)24)26-19(31)14-32-22-28-27-18(13-29-11-5-2-6-12-29)30(22)15-7-3-1-4-8-15/h1,3-4,7-10H,2,5-6,11-14H2,(H,26,31). The zero-order valence-electron chi connectivity index (χ0n) is 17.2. The van der Waals surface area contributed by atoms with E-state index in [9.17, 15) is 18.0 Å². The number of benzene rings is 2. The lowest BCUT2D eigenvalue weighted by Gasteiger charge is -2.26. The maximum absolute atomic E-state index is 13.8. The SMILES string of the molecule is O=C(CSc1nnc(CN2CCCCC2)n1-c1ccccc1)Nc1ccc(F)c(F)c1F. The number of rotatable bonds is 7. The summed E-state index contributed by atoms with van der Waals surface area (Å²) in [7, 11) is 0. The predicted molar refractivity (Wildman–Crippen MR) is 116 cm³/mol. The molecule has 0 saturated carbocycles. The molecule has 2 aromatic carbocycles. The van der Waals surface area contributed by atoms with Crippen LogP contribution in [0.2, 0.25) is 0 Å². The molecule has 1 saturated heterocycles. The van der Waals surface area contributed by atoms with Gasteiger partial charge in [-0.1, -0.05) is 36.4 Å². The third kappa shape index (κ3) is 5.13. The van der Waals surface area contributed by atoms with E-state index in [-0.39, 0.29) is 5.75 Å². The Balaban J connectivity index is 1.49. The second-order valence-electron chi connectivity index (χ2n) is 7.47. The Morgan fingerprint density at radius 2 is 1.72 bits per heavy atom. The third-order valence-corrected chi connectivity index (χ3v) is 6.10. The number of aromatic nitrogens is 3. The first-order valence-corrected chi connectivity index (χ1v) is 11.3. The molecule has 1 aromatic heterocycles. The van der Waals surface area contributed by atoms with Crippen LogP contribution < -0.4 is 5.32 Å². The second-order valence-corrected chi connectivity index (χ2v) is 8.41. The molecule has 1 aliphatic heterocycles. The van der Waals surface area contributed by atoms with E-state index in [2.05, 4.69) is 20.4 Å². The van der Waals surface area contributed by atoms with Gasteiger partial charge in [-0.15, -0.1) is 10.2 Å². The number of carbonyl (C=O) groups is 1. The zero-order chi connectivity index (χ0) is 22.5. The molecule has 3 aromatic rings. The van der Waals surface area contributed by atoms with Crippen molar-refractivity contribution in [2.24, 2.45) is 0 Å². The number of hydrogen-bond donors (Lipinski definition) is 1. The van der Waals surface area contributed by atoms with Crippen molar-refractivity contribution in [3.05, 3.63) is 65.7 Å². The third-order valence-electron chi connectivity index (χ3n) is 5.17. The average Bonchev–Trinajstić information content (AvgIpc) is 3.21. The van der Waals surface area contributed by atoms with Gasteiger partial charge in [-0.3, -0.25) is 14.3 Å². The molecule has 1 N–H and O–H groups in total. The number of likely N-dealkylation sites (tertiary alicyclic amines) is 1. The lowest BCUT2D eigenvalue weighted by molar-refractivity contribution is -0.113. The van der Waals surface area contributed by atoms with Gasteiger partial charge in [0.2, 0.25) is 5.91 Å². The fraction of sp³-hybridized carbons (Fsp3) is 0.318. The van der Waals surface area contributed by atoms with Gasteiger partial charge in [-0.2, -0.15) is 0 Å². The highest BCUT2D eigenvalue weighted by Crippen LogP contribution is 2.25. The van der Waals surface area contributed by atoms with Crippen molar-refractivity contribution in [1.29, 1.82) is 0 Å². The summed E-state index contributed by atoms with van der Waals surface area (Å²) in [5.74, 6) is -4.27. The number of hydrogen-bond acceptors (Lipinski definition) is 5. The minimum Gasteiger partial charge on any atom is -0.323 e. The maximum atomic E-state index is 13.8. The van der Waals surface area contributed by atoms with Crippen LogP contribution in [0.4, 0.5) is 18.9 Å². The van der Waals surface area contributed by atoms with Gasteiger partial charge in [0.05, 0.1) is 18.0 Å². The fourth-order valence-electron chi connectivity index (χ4n) is 3.59. The molecule has 168 valence electrons. The topological polar surface area (TPSA) is 63.1 Å². The van der Waals surface area contributed by atoms with Crippen LogP contribution in [0.15, 0.2) is 47.6 Å². The molecule has 1 fully saturated rings. The number of amides is 1. The Kier molecular flexibility index (Phi) is 7.11. The van der Waals surface area contributed by atoms with Crippen LogP contribution in [0.5, 0.6) is 0 Å². The lowest BCUT2D eigenvalue weighted by atomic mass is 10.1. The molecule has 0 radical (unpaired) electrons. The van der Waals surface area contributed by atoms with Crippen molar-refractivity contribution in [3.63, 3.8) is 0 Å². The summed E-state index contributed by atoms with van der Waals surface area (Å²) in [4.78, 5) is 14.7. The minimum atomic E-state index is -1.62. The summed E-state index contributed by atoms with van der Waals surface area (Å²) < 4.78 is 42.2. The summed E-state index contributed by atoms with van der Waals surface area (Å²) in [5, 5.41) is 11.4. The van der Waals surface area contributed by atoms with E-state index in [1.54, 1.807) is 0 Å². The molecule has 2 heterocycles. The number of para-hydroxylation sites is 1. The van der Waals surface area contributed by atoms with Gasteiger partial charge in [-0.05, 0) is 50.2 Å². The summed E-state index contributed by atoms with van der Waals surface area (Å²) in [6.45, 7) is 2.66. The average molecular weight is 462 g/mol. The number of nitrogens with zero attached hydrogens (tertiary/aromatic N) is 4. The van der Waals surface area contributed by atoms with E-state index in [1.807, 2.05) is 34.9 Å². The second kappa shape index (κ2) is 10.2. The van der Waals surface area contributed by atoms with Crippen molar-refractivity contribution < 1.29 is 18.0 Å². The monoisotopic (exact) mass is 461 g/mol. The lowest BCUT2D eigenvalue weighted by Crippen LogP contribution is -2.30. The van der Waals surface area contributed by atoms with Gasteiger partial charge in [-0.25, -0.2) is 13.2 Å². The molecule has 1 aliphatic rings.